The minimum Gasteiger partial charge on any atom is -0.309 e. The van der Waals surface area contributed by atoms with Crippen molar-refractivity contribution in [1.29, 1.82) is 0 Å². The summed E-state index contributed by atoms with van der Waals surface area (Å²) in [5, 5.41) is 12.3. The van der Waals surface area contributed by atoms with E-state index >= 15 is 0 Å². The van der Waals surface area contributed by atoms with Crippen LogP contribution >= 0.6 is 0 Å². The van der Waals surface area contributed by atoms with Crippen LogP contribution in [0.1, 0.15) is 72.2 Å². The van der Waals surface area contributed by atoms with E-state index < -0.39 is 0 Å². The zero-order chi connectivity index (χ0) is 57.7. The highest BCUT2D eigenvalue weighted by Gasteiger charge is 2.38. The third kappa shape index (κ3) is 8.31. The van der Waals surface area contributed by atoms with Crippen LogP contribution in [-0.4, -0.2) is 0 Å². The first-order valence-corrected chi connectivity index (χ1v) is 30.1. The third-order valence-electron chi connectivity index (χ3n) is 18.8. The molecule has 0 fully saturated rings. The molecule has 14 aromatic rings. The molecule has 0 radical (unpaired) electrons. The lowest BCUT2D eigenvalue weighted by Gasteiger charge is -2.30. The fraction of sp³-hybridized carbons (Fsp3) is 0.0714. The number of nitrogens with zero attached hydrogens (tertiary/aromatic N) is 2. The highest BCUT2D eigenvalue weighted by Crippen LogP contribution is 2.54. The molecule has 16 rings (SSSR count). The van der Waals surface area contributed by atoms with E-state index in [4.69, 9.17) is 0 Å². The zero-order valence-corrected chi connectivity index (χ0v) is 48.8. The Balaban J connectivity index is 0.687. The van der Waals surface area contributed by atoms with Crippen molar-refractivity contribution in [3.05, 3.63) is 324 Å². The minimum atomic E-state index is -0.227. The van der Waals surface area contributed by atoms with Gasteiger partial charge in [-0.05, 0) is 148 Å². The van der Waals surface area contributed by atoms with Crippen molar-refractivity contribution in [2.24, 2.45) is 0 Å². The summed E-state index contributed by atoms with van der Waals surface area (Å²) >= 11 is 0. The summed E-state index contributed by atoms with van der Waals surface area (Å²) in [5.74, 6) is 0. The summed E-state index contributed by atoms with van der Waals surface area (Å²) < 4.78 is 0. The molecule has 2 nitrogen and oxygen atoms in total. The van der Waals surface area contributed by atoms with Crippen LogP contribution in [0.5, 0.6) is 0 Å². The maximum Gasteiger partial charge on any atom is 0.0540 e. The molecule has 0 heterocycles. The van der Waals surface area contributed by atoms with Crippen molar-refractivity contribution < 1.29 is 0 Å². The first kappa shape index (κ1) is 51.1. The molecule has 0 aromatic heterocycles. The fourth-order valence-corrected chi connectivity index (χ4v) is 14.4. The molecule has 0 N–H and O–H groups in total. The summed E-state index contributed by atoms with van der Waals surface area (Å²) in [4.78, 5) is 4.94. The summed E-state index contributed by atoms with van der Waals surface area (Å²) in [7, 11) is 0. The molecule has 86 heavy (non-hydrogen) atoms. The van der Waals surface area contributed by atoms with E-state index in [-0.39, 0.29) is 10.8 Å². The molecule has 0 amide bonds. The second-order valence-electron chi connectivity index (χ2n) is 24.4. The Bertz CT molecular complexity index is 4650. The topological polar surface area (TPSA) is 6.48 Å². The largest absolute Gasteiger partial charge is 0.309 e. The van der Waals surface area contributed by atoms with E-state index in [1.54, 1.807) is 0 Å². The Hall–Kier alpha value is -10.5. The van der Waals surface area contributed by atoms with Gasteiger partial charge in [-0.2, -0.15) is 0 Å². The summed E-state index contributed by atoms with van der Waals surface area (Å²) in [6.07, 6.45) is 9.18. The van der Waals surface area contributed by atoms with Crippen molar-refractivity contribution in [3.63, 3.8) is 0 Å². The Morgan fingerprint density at radius 1 is 0.244 bits per heavy atom. The highest BCUT2D eigenvalue weighted by molar-refractivity contribution is 6.07. The van der Waals surface area contributed by atoms with Crippen LogP contribution < -0.4 is 9.80 Å². The lowest BCUT2D eigenvalue weighted by atomic mass is 9.81. The average Bonchev–Trinajstić information content (AvgIpc) is 1.67. The first-order chi connectivity index (χ1) is 42.2. The predicted octanol–water partition coefficient (Wildman–Crippen LogP) is 23.3. The third-order valence-corrected chi connectivity index (χ3v) is 18.8. The Morgan fingerprint density at radius 3 is 0.860 bits per heavy atom. The molecule has 0 saturated heterocycles. The molecule has 0 bridgehead atoms. The molecule has 2 aliphatic carbocycles. The normalized spacial score (nSPS) is 13.7. The molecule has 408 valence electrons. The van der Waals surface area contributed by atoms with E-state index in [1.807, 2.05) is 0 Å². The van der Waals surface area contributed by atoms with E-state index in [9.17, 15) is 0 Å². The van der Waals surface area contributed by atoms with E-state index in [1.165, 1.54) is 143 Å². The SMILES string of the molecule is CC1(C)c2cc(/C=C/c3ccc(/C=C/c4ccc5c(c4)C(C)(C)c4cc(N(c6cccc7ccccc67)c6cccc7ccccc67)ccc4-5)c4ccccc34)ccc2-c2ccc(N(c3cccc4ccccc34)c3cccc4ccccc34)cc21. The van der Waals surface area contributed by atoms with Gasteiger partial charge in [0.15, 0.2) is 0 Å². The number of hydrogen-bond acceptors (Lipinski definition) is 2. The lowest BCUT2D eigenvalue weighted by Crippen LogP contribution is -2.17. The molecular formula is C84H62N2. The van der Waals surface area contributed by atoms with Crippen LogP contribution in [-0.2, 0) is 10.8 Å². The number of hydrogen-bond donors (Lipinski definition) is 0. The van der Waals surface area contributed by atoms with E-state index in [0.29, 0.717) is 0 Å². The number of benzene rings is 14. The molecule has 0 saturated carbocycles. The summed E-state index contributed by atoms with van der Waals surface area (Å²) in [5.41, 5.74) is 21.9. The van der Waals surface area contributed by atoms with Gasteiger partial charge in [0, 0.05) is 43.7 Å². The molecule has 0 atom stereocenters. The lowest BCUT2D eigenvalue weighted by molar-refractivity contribution is 0.660. The van der Waals surface area contributed by atoms with Crippen molar-refractivity contribution in [2.75, 3.05) is 9.80 Å². The Morgan fingerprint density at radius 2 is 0.523 bits per heavy atom. The van der Waals surface area contributed by atoms with Crippen LogP contribution in [0.2, 0.25) is 0 Å². The molecule has 2 heteroatoms. The van der Waals surface area contributed by atoms with Crippen molar-refractivity contribution in [1.82, 2.24) is 0 Å². The number of fused-ring (bicyclic) bond motifs is 11. The molecule has 2 aliphatic rings. The summed E-state index contributed by atoms with van der Waals surface area (Å²) in [6.45, 7) is 9.56. The molecular weight excluding hydrogens is 1040 g/mol. The maximum atomic E-state index is 2.47. The first-order valence-electron chi connectivity index (χ1n) is 30.1. The van der Waals surface area contributed by atoms with Crippen molar-refractivity contribution >= 4 is 112 Å². The minimum absolute atomic E-state index is 0.227. The smallest absolute Gasteiger partial charge is 0.0540 e. The molecule has 0 unspecified atom stereocenters. The number of anilines is 6. The number of rotatable bonds is 10. The van der Waals surface area contributed by atoms with Crippen LogP contribution in [0.25, 0.3) is 100 Å². The average molecular weight is 1100 g/mol. The highest BCUT2D eigenvalue weighted by atomic mass is 15.2. The van der Waals surface area contributed by atoms with Crippen LogP contribution in [0.15, 0.2) is 279 Å². The van der Waals surface area contributed by atoms with Gasteiger partial charge in [0.1, 0.15) is 0 Å². The second kappa shape index (κ2) is 20.1. The standard InChI is InChI=1S/C84H62N2/c1-83(2)75-51-55(39-47-71(75)73-49-45-63(53-77(73)83)85(79-33-15-23-57-19-5-9-29-67(57)79)80-34-16-24-58-20-6-10-30-68(58)80)37-41-61-43-44-62(66-28-14-13-27-65(61)66)42-38-56-40-48-72-74-50-46-64(54-78(74)84(3,4)76(72)52-56)86(81-35-17-25-59-21-7-11-31-69(59)81)82-36-18-26-60-22-8-12-32-70(60)82/h5-54H,1-4H3/b41-37+,42-38+. The Labute approximate surface area is 503 Å². The van der Waals surface area contributed by atoms with E-state index in [2.05, 4.69) is 341 Å². The van der Waals surface area contributed by atoms with Gasteiger partial charge in [0.25, 0.3) is 0 Å². The Kier molecular flexibility index (Phi) is 11.9. The van der Waals surface area contributed by atoms with Crippen LogP contribution in [0.3, 0.4) is 0 Å². The predicted molar refractivity (Wildman–Crippen MR) is 369 cm³/mol. The van der Waals surface area contributed by atoms with Gasteiger partial charge in [-0.25, -0.2) is 0 Å². The van der Waals surface area contributed by atoms with Crippen molar-refractivity contribution in [2.45, 2.75) is 38.5 Å². The second-order valence-corrected chi connectivity index (χ2v) is 24.4. The fourth-order valence-electron chi connectivity index (χ4n) is 14.4. The van der Waals surface area contributed by atoms with Crippen LogP contribution in [0.4, 0.5) is 34.1 Å². The van der Waals surface area contributed by atoms with Gasteiger partial charge in [0.2, 0.25) is 0 Å². The van der Waals surface area contributed by atoms with Gasteiger partial charge in [0.05, 0.1) is 22.7 Å². The van der Waals surface area contributed by atoms with Gasteiger partial charge in [-0.3, -0.25) is 0 Å². The monoisotopic (exact) mass is 1100 g/mol. The molecule has 0 spiro atoms. The zero-order valence-electron chi connectivity index (χ0n) is 48.8. The molecule has 0 aliphatic heterocycles. The molecule has 14 aromatic carbocycles. The van der Waals surface area contributed by atoms with Crippen molar-refractivity contribution in [3.8, 4) is 22.3 Å². The van der Waals surface area contributed by atoms with Gasteiger partial charge >= 0.3 is 0 Å². The maximum absolute atomic E-state index is 2.47. The van der Waals surface area contributed by atoms with Gasteiger partial charge in [-0.15, -0.1) is 0 Å². The summed E-state index contributed by atoms with van der Waals surface area (Å²) in [6, 6.07) is 103. The van der Waals surface area contributed by atoms with E-state index in [0.717, 1.165) is 11.4 Å². The van der Waals surface area contributed by atoms with Gasteiger partial charge in [-0.1, -0.05) is 283 Å². The quantitative estimate of drug-likeness (QED) is 0.126. The van der Waals surface area contributed by atoms with Gasteiger partial charge < -0.3 is 9.80 Å². The van der Waals surface area contributed by atoms with Crippen LogP contribution in [0, 0.1) is 0 Å².